The van der Waals surface area contributed by atoms with Gasteiger partial charge >= 0.3 is 0 Å². The minimum atomic E-state index is 0.120. The summed E-state index contributed by atoms with van der Waals surface area (Å²) in [6.07, 6.45) is 2.02. The monoisotopic (exact) mass is 174 g/mol. The first-order chi connectivity index (χ1) is 6.18. The van der Waals surface area contributed by atoms with Crippen molar-refractivity contribution >= 4 is 17.8 Å². The molecule has 2 rings (SSSR count). The summed E-state index contributed by atoms with van der Waals surface area (Å²) >= 11 is 0. The lowest BCUT2D eigenvalue weighted by molar-refractivity contribution is 0.1000. The van der Waals surface area contributed by atoms with Crippen molar-refractivity contribution in [3.8, 4) is 0 Å². The first-order valence-corrected chi connectivity index (χ1v) is 4.22. The molecule has 1 aromatic heterocycles. The average molecular weight is 174 g/mol. The summed E-state index contributed by atoms with van der Waals surface area (Å²) in [5.74, 6) is 0.698. The Labute approximate surface area is 76.5 Å². The summed E-state index contributed by atoms with van der Waals surface area (Å²) in [5.41, 5.74) is 2.57. The van der Waals surface area contributed by atoms with Gasteiger partial charge in [0.15, 0.2) is 11.6 Å². The van der Waals surface area contributed by atoms with Crippen LogP contribution in [0.4, 0.5) is 5.82 Å². The van der Waals surface area contributed by atoms with E-state index in [1.165, 1.54) is 0 Å². The first-order valence-electron chi connectivity index (χ1n) is 4.22. The van der Waals surface area contributed by atoms with Crippen LogP contribution in [0.1, 0.15) is 28.0 Å². The average Bonchev–Trinajstić information content (AvgIpc) is 2.02. The zero-order chi connectivity index (χ0) is 9.42. The molecular weight excluding hydrogens is 164 g/mol. The molecule has 0 aromatic carbocycles. The van der Waals surface area contributed by atoms with Gasteiger partial charge in [-0.2, -0.15) is 0 Å². The van der Waals surface area contributed by atoms with Crippen molar-refractivity contribution in [1.29, 1.82) is 0 Å². The fraction of sp³-hybridized carbons (Fsp3) is 0.300. The Kier molecular flexibility index (Phi) is 1.72. The molecule has 13 heavy (non-hydrogen) atoms. The topological polar surface area (TPSA) is 42.3 Å². The summed E-state index contributed by atoms with van der Waals surface area (Å²) in [6.45, 7) is 3.83. The van der Waals surface area contributed by atoms with Crippen LogP contribution in [0.25, 0.3) is 0 Å². The molecule has 0 aliphatic carbocycles. The van der Waals surface area contributed by atoms with E-state index in [4.69, 9.17) is 0 Å². The summed E-state index contributed by atoms with van der Waals surface area (Å²) in [5, 5.41) is 0. The number of aliphatic imine (C=N–C) groups is 1. The van der Waals surface area contributed by atoms with E-state index >= 15 is 0 Å². The lowest BCUT2D eigenvalue weighted by Crippen LogP contribution is -2.08. The second-order valence-electron chi connectivity index (χ2n) is 3.22. The highest BCUT2D eigenvalue weighted by atomic mass is 16.1. The summed E-state index contributed by atoms with van der Waals surface area (Å²) in [7, 11) is 0. The van der Waals surface area contributed by atoms with Gasteiger partial charge in [-0.15, -0.1) is 0 Å². The van der Waals surface area contributed by atoms with Crippen LogP contribution >= 0.6 is 0 Å². The van der Waals surface area contributed by atoms with E-state index in [2.05, 4.69) is 9.98 Å². The number of aromatic nitrogens is 1. The summed E-state index contributed by atoms with van der Waals surface area (Å²) < 4.78 is 0. The number of carbonyl (C=O) groups excluding carboxylic acids is 1. The molecule has 0 fully saturated rings. The van der Waals surface area contributed by atoms with Crippen LogP contribution < -0.4 is 0 Å². The Hall–Kier alpha value is -1.51. The van der Waals surface area contributed by atoms with Gasteiger partial charge in [0.1, 0.15) is 0 Å². The molecule has 0 N–H and O–H groups in total. The molecule has 1 aromatic rings. The van der Waals surface area contributed by atoms with Gasteiger partial charge in [-0.1, -0.05) is 0 Å². The van der Waals surface area contributed by atoms with Gasteiger partial charge in [0.05, 0.1) is 5.56 Å². The van der Waals surface area contributed by atoms with Gasteiger partial charge in [0, 0.05) is 18.3 Å². The summed E-state index contributed by atoms with van der Waals surface area (Å²) in [6, 6.07) is 1.91. The smallest absolute Gasteiger partial charge is 0.172 e. The van der Waals surface area contributed by atoms with E-state index in [1.807, 2.05) is 19.9 Å². The molecule has 3 heteroatoms. The van der Waals surface area contributed by atoms with Crippen molar-refractivity contribution in [2.75, 3.05) is 0 Å². The maximum absolute atomic E-state index is 11.5. The fourth-order valence-corrected chi connectivity index (χ4v) is 1.57. The van der Waals surface area contributed by atoms with Gasteiger partial charge in [-0.05, 0) is 25.5 Å². The number of carbonyl (C=O) groups is 1. The third-order valence-corrected chi connectivity index (χ3v) is 2.09. The van der Waals surface area contributed by atoms with Crippen LogP contribution in [0.5, 0.6) is 0 Å². The normalized spacial score (nSPS) is 14.5. The van der Waals surface area contributed by atoms with Gasteiger partial charge in [-0.25, -0.2) is 9.98 Å². The van der Waals surface area contributed by atoms with E-state index in [0.717, 1.165) is 11.3 Å². The minimum absolute atomic E-state index is 0.120. The molecule has 0 radical (unpaired) electrons. The highest BCUT2D eigenvalue weighted by Gasteiger charge is 2.18. The van der Waals surface area contributed by atoms with Crippen LogP contribution in [0.3, 0.4) is 0 Å². The molecule has 1 aliphatic rings. The van der Waals surface area contributed by atoms with Crippen molar-refractivity contribution in [3.05, 3.63) is 22.9 Å². The Balaban J connectivity index is 2.71. The molecule has 0 spiro atoms. The molecule has 3 nitrogen and oxygen atoms in total. The molecule has 0 bridgehead atoms. The molecule has 0 saturated carbocycles. The lowest BCUT2D eigenvalue weighted by atomic mass is 10.0. The lowest BCUT2D eigenvalue weighted by Gasteiger charge is -2.10. The van der Waals surface area contributed by atoms with Gasteiger partial charge in [0.2, 0.25) is 0 Å². The number of ketones is 1. The van der Waals surface area contributed by atoms with E-state index in [0.29, 0.717) is 17.8 Å². The maximum Gasteiger partial charge on any atom is 0.172 e. The number of pyridine rings is 1. The number of rotatable bonds is 0. The van der Waals surface area contributed by atoms with Gasteiger partial charge in [0.25, 0.3) is 0 Å². The van der Waals surface area contributed by atoms with Crippen molar-refractivity contribution in [2.24, 2.45) is 4.99 Å². The molecule has 0 unspecified atom stereocenters. The largest absolute Gasteiger partial charge is 0.294 e. The molecule has 0 saturated heterocycles. The quantitative estimate of drug-likeness (QED) is 0.603. The third kappa shape index (κ3) is 1.26. The van der Waals surface area contributed by atoms with Crippen molar-refractivity contribution < 1.29 is 4.79 Å². The Morgan fingerprint density at radius 1 is 1.38 bits per heavy atom. The van der Waals surface area contributed by atoms with Crippen LogP contribution in [0.15, 0.2) is 11.1 Å². The zero-order valence-corrected chi connectivity index (χ0v) is 7.66. The van der Waals surface area contributed by atoms with E-state index in [1.54, 1.807) is 6.21 Å². The van der Waals surface area contributed by atoms with Crippen molar-refractivity contribution in [3.63, 3.8) is 0 Å². The number of hydrogen-bond donors (Lipinski definition) is 0. The van der Waals surface area contributed by atoms with E-state index in [-0.39, 0.29) is 5.78 Å². The van der Waals surface area contributed by atoms with Crippen molar-refractivity contribution in [1.82, 2.24) is 4.98 Å². The van der Waals surface area contributed by atoms with Crippen LogP contribution in [-0.2, 0) is 0 Å². The minimum Gasteiger partial charge on any atom is -0.294 e. The number of fused-ring (bicyclic) bond motifs is 1. The second-order valence-corrected chi connectivity index (χ2v) is 3.22. The molecule has 0 amide bonds. The molecular formula is C10H10N2O. The maximum atomic E-state index is 11.5. The highest BCUT2D eigenvalue weighted by Crippen LogP contribution is 2.25. The standard InChI is InChI=1S/C10H10N2O/c1-6-5-7(2)12-10-9(6)8(13)3-4-11-10/h4-5H,3H2,1-2H3. The molecule has 2 heterocycles. The van der Waals surface area contributed by atoms with E-state index in [9.17, 15) is 4.79 Å². The number of nitrogens with zero attached hydrogens (tertiary/aromatic N) is 2. The molecule has 1 aliphatic heterocycles. The summed E-state index contributed by atoms with van der Waals surface area (Å²) in [4.78, 5) is 19.8. The SMILES string of the molecule is Cc1cc(C)c2c(n1)N=CCC2=O. The Bertz CT molecular complexity index is 408. The highest BCUT2D eigenvalue weighted by molar-refractivity contribution is 6.10. The predicted molar refractivity (Wildman–Crippen MR) is 50.8 cm³/mol. The van der Waals surface area contributed by atoms with Crippen LogP contribution in [0, 0.1) is 13.8 Å². The predicted octanol–water partition coefficient (Wildman–Crippen LogP) is 1.99. The van der Waals surface area contributed by atoms with Crippen LogP contribution in [0.2, 0.25) is 0 Å². The molecule has 0 atom stereocenters. The second kappa shape index (κ2) is 2.76. The Morgan fingerprint density at radius 2 is 2.15 bits per heavy atom. The van der Waals surface area contributed by atoms with Crippen molar-refractivity contribution in [2.45, 2.75) is 20.3 Å². The number of Topliss-reactive ketones (excluding diaryl/α,β-unsaturated/α-hetero) is 1. The zero-order valence-electron chi connectivity index (χ0n) is 7.66. The van der Waals surface area contributed by atoms with Crippen LogP contribution in [-0.4, -0.2) is 17.0 Å². The number of hydrogen-bond acceptors (Lipinski definition) is 3. The molecule has 66 valence electrons. The number of aryl methyl sites for hydroxylation is 2. The Morgan fingerprint density at radius 3 is 2.92 bits per heavy atom. The van der Waals surface area contributed by atoms with Gasteiger partial charge < -0.3 is 0 Å². The first kappa shape index (κ1) is 8.10. The van der Waals surface area contributed by atoms with E-state index < -0.39 is 0 Å². The van der Waals surface area contributed by atoms with Gasteiger partial charge in [-0.3, -0.25) is 4.79 Å². The fourth-order valence-electron chi connectivity index (χ4n) is 1.57. The third-order valence-electron chi connectivity index (χ3n) is 2.09.